The van der Waals surface area contributed by atoms with Crippen molar-refractivity contribution in [3.63, 3.8) is 0 Å². The Morgan fingerprint density at radius 1 is 1.33 bits per heavy atom. The Labute approximate surface area is 189 Å². The van der Waals surface area contributed by atoms with Crippen molar-refractivity contribution in [3.05, 3.63) is 34.2 Å². The number of nitrogens with one attached hydrogen (secondary N) is 3. The zero-order valence-corrected chi connectivity index (χ0v) is 19.6. The number of amides is 1. The van der Waals surface area contributed by atoms with Crippen LogP contribution in [0.1, 0.15) is 19.8 Å². The van der Waals surface area contributed by atoms with Gasteiger partial charge in [0.05, 0.1) is 31.4 Å². The predicted octanol–water partition coefficient (Wildman–Crippen LogP) is 3.52. The van der Waals surface area contributed by atoms with Gasteiger partial charge >= 0.3 is 6.09 Å². The highest BCUT2D eigenvalue weighted by Crippen LogP contribution is 2.24. The van der Waals surface area contributed by atoms with Crippen molar-refractivity contribution >= 4 is 66.4 Å². The van der Waals surface area contributed by atoms with Crippen molar-refractivity contribution in [2.24, 2.45) is 0 Å². The average Bonchev–Trinajstić information content (AvgIpc) is 2.66. The molecule has 0 radical (unpaired) electrons. The van der Waals surface area contributed by atoms with Crippen LogP contribution in [0, 0.1) is 0 Å². The molecule has 1 heterocycles. The van der Waals surface area contributed by atoms with E-state index < -0.39 is 15.8 Å². The van der Waals surface area contributed by atoms with Gasteiger partial charge in [0.2, 0.25) is 5.28 Å². The maximum absolute atomic E-state index is 12.9. The van der Waals surface area contributed by atoms with Crippen LogP contribution in [0.2, 0.25) is 5.28 Å². The van der Waals surface area contributed by atoms with Gasteiger partial charge in [0.25, 0.3) is 0 Å². The van der Waals surface area contributed by atoms with E-state index in [4.69, 9.17) is 22.1 Å². The molecule has 9 nitrogen and oxygen atoms in total. The van der Waals surface area contributed by atoms with Gasteiger partial charge in [-0.15, -0.1) is 0 Å². The van der Waals surface area contributed by atoms with Crippen molar-refractivity contribution in [1.29, 1.82) is 0 Å². The lowest BCUT2D eigenvalue weighted by atomic mass is 10.2. The lowest BCUT2D eigenvalue weighted by Gasteiger charge is -2.17. The zero-order chi connectivity index (χ0) is 22.1. The van der Waals surface area contributed by atoms with E-state index in [1.165, 1.54) is 0 Å². The Morgan fingerprint density at radius 2 is 2.03 bits per heavy atom. The largest absolute Gasteiger partial charge is 0.449 e. The maximum atomic E-state index is 12.9. The Bertz CT molecular complexity index is 990. The number of nitrogens with zero attached hydrogens (tertiary/aromatic N) is 2. The number of carbonyl (C=O) groups is 1. The summed E-state index contributed by atoms with van der Waals surface area (Å²) in [5.74, 6) is 4.28. The molecule has 12 heteroatoms. The summed E-state index contributed by atoms with van der Waals surface area (Å²) in [6, 6.07) is 4.84. The monoisotopic (exact) mass is 518 g/mol. The average molecular weight is 520 g/mol. The summed E-state index contributed by atoms with van der Waals surface area (Å²) >= 11 is 9.16. The standard InChI is InChI=1S/C18H24BrClN6O3S/c1-3-29-18(27)26-30(2,28)15-7-6-12(21)10-14(15)22-8-4-5-9-23-16-13(19)11-24-17(20)25-16/h6-7,10-11,22H,2-5,8-9,21H2,1H3,(H,23,24,25)(H,26,27,28). The molecule has 0 aliphatic carbocycles. The predicted molar refractivity (Wildman–Crippen MR) is 125 cm³/mol. The van der Waals surface area contributed by atoms with Crippen LogP contribution >= 0.6 is 27.5 Å². The molecule has 1 atom stereocenters. The maximum Gasteiger partial charge on any atom is 0.418 e. The highest BCUT2D eigenvalue weighted by molar-refractivity contribution is 9.10. The second-order valence-corrected chi connectivity index (χ2v) is 9.34. The molecular weight excluding hydrogens is 496 g/mol. The molecule has 1 unspecified atom stereocenters. The van der Waals surface area contributed by atoms with Crippen molar-refractivity contribution < 1.29 is 13.7 Å². The molecule has 164 valence electrons. The summed E-state index contributed by atoms with van der Waals surface area (Å²) < 4.78 is 20.8. The van der Waals surface area contributed by atoms with Crippen molar-refractivity contribution in [1.82, 2.24) is 14.7 Å². The molecule has 0 aliphatic heterocycles. The number of unbranched alkanes of at least 4 members (excludes halogenated alkanes) is 1. The lowest BCUT2D eigenvalue weighted by molar-refractivity contribution is 0.159. The summed E-state index contributed by atoms with van der Waals surface area (Å²) in [5.41, 5.74) is 6.91. The summed E-state index contributed by atoms with van der Waals surface area (Å²) in [6.45, 7) is 3.10. The first-order valence-electron chi connectivity index (χ1n) is 9.10. The van der Waals surface area contributed by atoms with Crippen LogP contribution in [0.3, 0.4) is 0 Å². The molecule has 0 bridgehead atoms. The van der Waals surface area contributed by atoms with E-state index in [9.17, 15) is 9.00 Å². The minimum atomic E-state index is -3.11. The molecule has 1 amide bonds. The van der Waals surface area contributed by atoms with Gasteiger partial charge in [-0.1, -0.05) is 0 Å². The molecule has 1 aromatic carbocycles. The Kier molecular flexibility index (Phi) is 9.00. The number of rotatable bonds is 10. The summed E-state index contributed by atoms with van der Waals surface area (Å²) in [6.07, 6.45) is 2.43. The number of hydrogen-bond donors (Lipinski definition) is 4. The van der Waals surface area contributed by atoms with E-state index in [1.807, 2.05) is 0 Å². The second-order valence-electron chi connectivity index (χ2n) is 6.15. The molecule has 1 aromatic heterocycles. The van der Waals surface area contributed by atoms with Crippen LogP contribution in [0.4, 0.5) is 22.0 Å². The number of ether oxygens (including phenoxy) is 1. The smallest absolute Gasteiger partial charge is 0.418 e. The van der Waals surface area contributed by atoms with Gasteiger partial charge in [-0.3, -0.25) is 0 Å². The number of nitrogens with two attached hydrogens (primary N) is 1. The summed E-state index contributed by atoms with van der Waals surface area (Å²) in [5, 5.41) is 6.56. The molecule has 30 heavy (non-hydrogen) atoms. The van der Waals surface area contributed by atoms with Gasteiger partial charge in [-0.05, 0) is 71.4 Å². The van der Waals surface area contributed by atoms with Crippen LogP contribution in [-0.2, 0) is 14.4 Å². The van der Waals surface area contributed by atoms with Crippen molar-refractivity contribution in [3.8, 4) is 0 Å². The van der Waals surface area contributed by atoms with Gasteiger partial charge in [0.1, 0.15) is 5.82 Å². The summed E-state index contributed by atoms with van der Waals surface area (Å²) in [7, 11) is -3.11. The molecule has 2 aromatic rings. The topological polar surface area (TPSA) is 131 Å². The fourth-order valence-electron chi connectivity index (χ4n) is 2.47. The number of hydrogen-bond acceptors (Lipinski definition) is 8. The van der Waals surface area contributed by atoms with Crippen molar-refractivity contribution in [2.45, 2.75) is 24.7 Å². The van der Waals surface area contributed by atoms with Gasteiger partial charge in [-0.2, -0.15) is 4.98 Å². The number of nitrogen functional groups attached to an aromatic ring is 1. The Morgan fingerprint density at radius 3 is 2.73 bits per heavy atom. The van der Waals surface area contributed by atoms with E-state index >= 15 is 0 Å². The fourth-order valence-corrected chi connectivity index (χ4v) is 4.15. The first-order chi connectivity index (χ1) is 14.2. The lowest BCUT2D eigenvalue weighted by Crippen LogP contribution is -2.31. The molecular formula is C18H24BrClN6O3S. The van der Waals surface area contributed by atoms with E-state index in [0.29, 0.717) is 35.2 Å². The Balaban J connectivity index is 1.91. The molecule has 5 N–H and O–H groups in total. The minimum Gasteiger partial charge on any atom is -0.449 e. The first-order valence-corrected chi connectivity index (χ1v) is 12.0. The van der Waals surface area contributed by atoms with E-state index in [2.05, 4.69) is 47.1 Å². The molecule has 0 saturated heterocycles. The Hall–Kier alpha value is -2.24. The molecule has 2 rings (SSSR count). The van der Waals surface area contributed by atoms with Crippen LogP contribution < -0.4 is 21.1 Å². The molecule has 0 saturated carbocycles. The third kappa shape index (κ3) is 7.22. The normalized spacial score (nSPS) is 12.6. The number of benzene rings is 1. The third-order valence-electron chi connectivity index (χ3n) is 3.81. The third-order valence-corrected chi connectivity index (χ3v) is 6.13. The highest BCUT2D eigenvalue weighted by atomic mass is 79.9. The number of anilines is 3. The molecule has 0 spiro atoms. The fraction of sp³-hybridized carbons (Fsp3) is 0.333. The van der Waals surface area contributed by atoms with Gasteiger partial charge in [0, 0.05) is 25.0 Å². The quantitative estimate of drug-likeness (QED) is 0.162. The van der Waals surface area contributed by atoms with E-state index in [-0.39, 0.29) is 11.9 Å². The second kappa shape index (κ2) is 11.2. The van der Waals surface area contributed by atoms with Crippen molar-refractivity contribution in [2.75, 3.05) is 36.1 Å². The van der Waals surface area contributed by atoms with Crippen LogP contribution in [0.15, 0.2) is 33.8 Å². The first kappa shape index (κ1) is 24.0. The van der Waals surface area contributed by atoms with E-state index in [1.54, 1.807) is 31.3 Å². The van der Waals surface area contributed by atoms with Crippen LogP contribution in [0.25, 0.3) is 0 Å². The van der Waals surface area contributed by atoms with Crippen LogP contribution in [-0.4, -0.2) is 45.8 Å². The molecule has 0 fully saturated rings. The minimum absolute atomic E-state index is 0.167. The SMILES string of the molecule is C=S(=O)(NC(=O)OCC)c1ccc(N)cc1NCCCCNc1nc(Cl)ncc1Br. The molecule has 0 aliphatic rings. The van der Waals surface area contributed by atoms with Gasteiger partial charge < -0.3 is 21.1 Å². The number of halogens is 2. The highest BCUT2D eigenvalue weighted by Gasteiger charge is 2.16. The zero-order valence-electron chi connectivity index (χ0n) is 16.4. The van der Waals surface area contributed by atoms with Crippen LogP contribution in [0.5, 0.6) is 0 Å². The number of aromatic nitrogens is 2. The van der Waals surface area contributed by atoms with E-state index in [0.717, 1.165) is 17.3 Å². The van der Waals surface area contributed by atoms with Gasteiger partial charge in [-0.25, -0.2) is 18.7 Å². The summed E-state index contributed by atoms with van der Waals surface area (Å²) in [4.78, 5) is 20.0. The number of carbonyl (C=O) groups excluding carboxylic acids is 1. The van der Waals surface area contributed by atoms with Gasteiger partial charge in [0.15, 0.2) is 0 Å².